The molecule has 1 atom stereocenters. The molecule has 0 fully saturated rings. The number of aliphatic imine (C=N–C) groups is 1. The molecule has 15 heavy (non-hydrogen) atoms. The smallest absolute Gasteiger partial charge is 0.0679 e. The van der Waals surface area contributed by atoms with Crippen molar-refractivity contribution in [2.75, 3.05) is 0 Å². The van der Waals surface area contributed by atoms with Crippen LogP contribution in [0.5, 0.6) is 0 Å². The molecule has 0 heterocycles. The summed E-state index contributed by atoms with van der Waals surface area (Å²) in [7, 11) is 0. The summed E-state index contributed by atoms with van der Waals surface area (Å²) in [6, 6.07) is 0.266. The largest absolute Gasteiger partial charge is 0.286 e. The van der Waals surface area contributed by atoms with Gasteiger partial charge in [-0.2, -0.15) is 0 Å². The molecule has 0 radical (unpaired) electrons. The third-order valence-electron chi connectivity index (χ3n) is 2.34. The first-order valence-corrected chi connectivity index (χ1v) is 5.81. The standard InChI is InChI=1S/C14H25N/c1-7-9-14(12(5)6)15-13(8-2)10-11(3)4/h7-8,11-13H,1-2,9-10H2,3-6H3/b15-14+. The van der Waals surface area contributed by atoms with Crippen LogP contribution >= 0.6 is 0 Å². The highest BCUT2D eigenvalue weighted by atomic mass is 14.8. The van der Waals surface area contributed by atoms with Crippen molar-refractivity contribution in [3.63, 3.8) is 0 Å². The second-order valence-electron chi connectivity index (χ2n) is 4.70. The fraction of sp³-hybridized carbons (Fsp3) is 0.643. The van der Waals surface area contributed by atoms with Gasteiger partial charge in [-0.25, -0.2) is 0 Å². The Labute approximate surface area is 95.0 Å². The van der Waals surface area contributed by atoms with E-state index in [0.29, 0.717) is 11.8 Å². The van der Waals surface area contributed by atoms with E-state index < -0.39 is 0 Å². The lowest BCUT2D eigenvalue weighted by atomic mass is 10.0. The minimum atomic E-state index is 0.266. The van der Waals surface area contributed by atoms with Crippen molar-refractivity contribution in [2.24, 2.45) is 16.8 Å². The summed E-state index contributed by atoms with van der Waals surface area (Å²) in [5.41, 5.74) is 1.23. The van der Waals surface area contributed by atoms with E-state index in [1.165, 1.54) is 5.71 Å². The zero-order valence-corrected chi connectivity index (χ0v) is 10.7. The molecule has 0 bridgehead atoms. The number of hydrogen-bond acceptors (Lipinski definition) is 1. The molecule has 0 rings (SSSR count). The zero-order chi connectivity index (χ0) is 11.8. The van der Waals surface area contributed by atoms with Crippen LogP contribution in [-0.4, -0.2) is 11.8 Å². The Balaban J connectivity index is 4.59. The predicted octanol–water partition coefficient (Wildman–Crippen LogP) is 4.26. The van der Waals surface area contributed by atoms with Crippen molar-refractivity contribution in [3.8, 4) is 0 Å². The van der Waals surface area contributed by atoms with Gasteiger partial charge in [-0.15, -0.1) is 13.2 Å². The Morgan fingerprint density at radius 2 is 1.80 bits per heavy atom. The molecule has 0 N–H and O–H groups in total. The van der Waals surface area contributed by atoms with Crippen LogP contribution in [-0.2, 0) is 0 Å². The van der Waals surface area contributed by atoms with E-state index in [1.807, 2.05) is 12.2 Å². The lowest BCUT2D eigenvalue weighted by molar-refractivity contribution is 0.545. The fourth-order valence-corrected chi connectivity index (χ4v) is 1.48. The van der Waals surface area contributed by atoms with Gasteiger partial charge in [-0.05, 0) is 18.3 Å². The van der Waals surface area contributed by atoms with Crippen LogP contribution in [0.3, 0.4) is 0 Å². The molecule has 0 aromatic carbocycles. The molecule has 0 aliphatic heterocycles. The molecular formula is C14H25N. The summed E-state index contributed by atoms with van der Waals surface area (Å²) in [5.74, 6) is 1.16. The van der Waals surface area contributed by atoms with Crippen LogP contribution in [0.25, 0.3) is 0 Å². The Bertz CT molecular complexity index is 223. The summed E-state index contributed by atoms with van der Waals surface area (Å²) >= 11 is 0. The van der Waals surface area contributed by atoms with Gasteiger partial charge in [0.15, 0.2) is 0 Å². The molecule has 1 heteroatoms. The van der Waals surface area contributed by atoms with Gasteiger partial charge in [-0.1, -0.05) is 39.8 Å². The second-order valence-corrected chi connectivity index (χ2v) is 4.70. The van der Waals surface area contributed by atoms with Crippen molar-refractivity contribution in [2.45, 2.75) is 46.6 Å². The summed E-state index contributed by atoms with van der Waals surface area (Å²) in [6.07, 6.45) is 5.84. The average molecular weight is 207 g/mol. The number of allylic oxidation sites excluding steroid dienone is 1. The molecule has 0 aliphatic rings. The van der Waals surface area contributed by atoms with Gasteiger partial charge >= 0.3 is 0 Å². The number of nitrogens with zero attached hydrogens (tertiary/aromatic N) is 1. The van der Waals surface area contributed by atoms with Crippen molar-refractivity contribution < 1.29 is 0 Å². The maximum absolute atomic E-state index is 4.75. The lowest BCUT2D eigenvalue weighted by Crippen LogP contribution is -2.13. The van der Waals surface area contributed by atoms with E-state index in [2.05, 4.69) is 40.9 Å². The van der Waals surface area contributed by atoms with Crippen LogP contribution in [0.4, 0.5) is 0 Å². The highest BCUT2D eigenvalue weighted by Crippen LogP contribution is 2.12. The van der Waals surface area contributed by atoms with Crippen LogP contribution in [0.1, 0.15) is 40.5 Å². The molecule has 0 saturated heterocycles. The normalized spacial score (nSPS) is 14.4. The van der Waals surface area contributed by atoms with Gasteiger partial charge in [-0.3, -0.25) is 4.99 Å². The average Bonchev–Trinajstić information content (AvgIpc) is 2.14. The van der Waals surface area contributed by atoms with Gasteiger partial charge in [0.2, 0.25) is 0 Å². The summed E-state index contributed by atoms with van der Waals surface area (Å²) in [6.45, 7) is 16.4. The maximum Gasteiger partial charge on any atom is 0.0679 e. The molecule has 86 valence electrons. The van der Waals surface area contributed by atoms with Gasteiger partial charge in [0.05, 0.1) is 6.04 Å². The van der Waals surface area contributed by atoms with Gasteiger partial charge in [0.1, 0.15) is 0 Å². The third kappa shape index (κ3) is 6.27. The highest BCUT2D eigenvalue weighted by Gasteiger charge is 2.09. The first kappa shape index (κ1) is 14.2. The Morgan fingerprint density at radius 3 is 2.13 bits per heavy atom. The lowest BCUT2D eigenvalue weighted by Gasteiger charge is -2.15. The summed E-state index contributed by atoms with van der Waals surface area (Å²) < 4.78 is 0. The molecule has 1 nitrogen and oxygen atoms in total. The third-order valence-corrected chi connectivity index (χ3v) is 2.34. The molecule has 0 spiro atoms. The Hall–Kier alpha value is -0.850. The topological polar surface area (TPSA) is 12.4 Å². The second kappa shape index (κ2) is 7.44. The maximum atomic E-state index is 4.75. The van der Waals surface area contributed by atoms with Gasteiger partial charge < -0.3 is 0 Å². The molecule has 1 unspecified atom stereocenters. The minimum absolute atomic E-state index is 0.266. The molecule has 0 saturated carbocycles. The molecule has 0 aromatic heterocycles. The van der Waals surface area contributed by atoms with Gasteiger partial charge in [0.25, 0.3) is 0 Å². The quantitative estimate of drug-likeness (QED) is 0.437. The predicted molar refractivity (Wildman–Crippen MR) is 70.5 cm³/mol. The van der Waals surface area contributed by atoms with Crippen molar-refractivity contribution in [3.05, 3.63) is 25.3 Å². The van der Waals surface area contributed by atoms with Crippen molar-refractivity contribution in [1.82, 2.24) is 0 Å². The minimum Gasteiger partial charge on any atom is -0.286 e. The van der Waals surface area contributed by atoms with E-state index in [4.69, 9.17) is 4.99 Å². The van der Waals surface area contributed by atoms with Crippen molar-refractivity contribution >= 4 is 5.71 Å². The van der Waals surface area contributed by atoms with Gasteiger partial charge in [0, 0.05) is 12.1 Å². The van der Waals surface area contributed by atoms with E-state index in [-0.39, 0.29) is 6.04 Å². The van der Waals surface area contributed by atoms with Crippen LogP contribution < -0.4 is 0 Å². The first-order chi connectivity index (χ1) is 7.01. The highest BCUT2D eigenvalue weighted by molar-refractivity contribution is 5.87. The van der Waals surface area contributed by atoms with E-state index in [0.717, 1.165) is 12.8 Å². The van der Waals surface area contributed by atoms with E-state index in [9.17, 15) is 0 Å². The van der Waals surface area contributed by atoms with E-state index >= 15 is 0 Å². The SMILES string of the molecule is C=CC/C(=N\C(C=C)CC(C)C)C(C)C. The summed E-state index contributed by atoms with van der Waals surface area (Å²) in [5, 5.41) is 0. The molecule has 0 aliphatic carbocycles. The van der Waals surface area contributed by atoms with E-state index in [1.54, 1.807) is 0 Å². The number of hydrogen-bond donors (Lipinski definition) is 0. The Morgan fingerprint density at radius 1 is 1.20 bits per heavy atom. The molecule has 0 amide bonds. The van der Waals surface area contributed by atoms with Crippen LogP contribution in [0.15, 0.2) is 30.3 Å². The molecular weight excluding hydrogens is 182 g/mol. The first-order valence-electron chi connectivity index (χ1n) is 5.81. The van der Waals surface area contributed by atoms with Crippen molar-refractivity contribution in [1.29, 1.82) is 0 Å². The fourth-order valence-electron chi connectivity index (χ4n) is 1.48. The zero-order valence-electron chi connectivity index (χ0n) is 10.7. The monoisotopic (exact) mass is 207 g/mol. The Kier molecular flexibility index (Phi) is 7.02. The van der Waals surface area contributed by atoms with Crippen LogP contribution in [0.2, 0.25) is 0 Å². The van der Waals surface area contributed by atoms with Crippen LogP contribution in [0, 0.1) is 11.8 Å². The molecule has 0 aromatic rings. The summed E-state index contributed by atoms with van der Waals surface area (Å²) in [4.78, 5) is 4.75. The number of rotatable bonds is 7.